The number of hydrogen-bond donors (Lipinski definition) is 0. The van der Waals surface area contributed by atoms with E-state index in [1.807, 2.05) is 0 Å². The molecule has 0 aliphatic carbocycles. The fourth-order valence-corrected chi connectivity index (χ4v) is 2.94. The number of unbranched alkanes of at least 4 members (excludes halogenated alkanes) is 14. The van der Waals surface area contributed by atoms with Crippen LogP contribution in [-0.4, -0.2) is 20.7 Å². The van der Waals surface area contributed by atoms with Gasteiger partial charge in [0.2, 0.25) is 0 Å². The maximum absolute atomic E-state index is 10.7. The zero-order valence-corrected chi connectivity index (χ0v) is 15.3. The van der Waals surface area contributed by atoms with Gasteiger partial charge in [-0.05, 0) is 0 Å². The molecule has 0 aromatic carbocycles. The number of hydrogen-bond acceptors (Lipinski definition) is 1. The average molecular weight is 346 g/mol. The van der Waals surface area contributed by atoms with E-state index >= 15 is 0 Å². The summed E-state index contributed by atoms with van der Waals surface area (Å²) in [6.07, 6.45) is 21.4. The first kappa shape index (κ1) is 20.2. The van der Waals surface area contributed by atoms with Crippen molar-refractivity contribution in [1.82, 2.24) is 0 Å². The molecular weight excluding hydrogens is 311 g/mol. The van der Waals surface area contributed by atoms with E-state index in [0.29, 0.717) is 0 Å². The predicted octanol–water partition coefficient (Wildman–Crippen LogP) is 5.94. The summed E-state index contributed by atoms with van der Waals surface area (Å²) in [5.41, 5.74) is 0. The van der Waals surface area contributed by atoms with Crippen molar-refractivity contribution in [2.75, 3.05) is 0 Å². The Kier molecular flexibility index (Phi) is 17.4. The van der Waals surface area contributed by atoms with Crippen molar-refractivity contribution >= 4 is 20.7 Å². The van der Waals surface area contributed by atoms with Crippen molar-refractivity contribution in [2.45, 2.75) is 110 Å². The molecule has 0 fully saturated rings. The molecule has 20 heavy (non-hydrogen) atoms. The molecule has 0 aromatic rings. The Morgan fingerprint density at radius 3 is 1.20 bits per heavy atom. The quantitative estimate of drug-likeness (QED) is 0.249. The van der Waals surface area contributed by atoms with Crippen LogP contribution in [0.3, 0.4) is 0 Å². The summed E-state index contributed by atoms with van der Waals surface area (Å²) >= 11 is 2.55. The third kappa shape index (κ3) is 18.2. The van der Waals surface area contributed by atoms with Crippen LogP contribution in [0.2, 0.25) is 0 Å². The van der Waals surface area contributed by atoms with Crippen molar-refractivity contribution in [3.8, 4) is 0 Å². The van der Waals surface area contributed by atoms with Gasteiger partial charge in [-0.25, -0.2) is 0 Å². The fraction of sp³-hybridized carbons (Fsp3) is 0.944. The van der Waals surface area contributed by atoms with Crippen molar-refractivity contribution in [3.63, 3.8) is 0 Å². The molecule has 0 aliphatic rings. The summed E-state index contributed by atoms with van der Waals surface area (Å²) in [5.74, 6) is 0. The van der Waals surface area contributed by atoms with Crippen LogP contribution in [-0.2, 0) is 4.79 Å². The first-order chi connectivity index (χ1) is 9.77. The molecule has 0 amide bonds. The Morgan fingerprint density at radius 2 is 0.900 bits per heavy atom. The normalized spacial score (nSPS) is 10.8. The van der Waals surface area contributed by atoms with Gasteiger partial charge < -0.3 is 0 Å². The molecule has 0 saturated carbocycles. The summed E-state index contributed by atoms with van der Waals surface area (Å²) in [7, 11) is 0. The first-order valence-electron chi connectivity index (χ1n) is 8.97. The third-order valence-electron chi connectivity index (χ3n) is 3.98. The molecule has 0 N–H and O–H groups in total. The zero-order chi connectivity index (χ0) is 14.9. The summed E-state index contributed by atoms with van der Waals surface area (Å²) in [5, 5.41) is 0. The molecular formula is C18H35OSe. The first-order valence-corrected chi connectivity index (χ1v) is 9.83. The van der Waals surface area contributed by atoms with Crippen molar-refractivity contribution in [1.29, 1.82) is 0 Å². The topological polar surface area (TPSA) is 17.1 Å². The van der Waals surface area contributed by atoms with Gasteiger partial charge in [-0.3, -0.25) is 0 Å². The predicted molar refractivity (Wildman–Crippen MR) is 90.3 cm³/mol. The van der Waals surface area contributed by atoms with Crippen LogP contribution in [0.4, 0.5) is 0 Å². The van der Waals surface area contributed by atoms with E-state index in [0.717, 1.165) is 12.8 Å². The Balaban J connectivity index is 2.94. The van der Waals surface area contributed by atoms with E-state index in [1.165, 1.54) is 89.9 Å². The molecule has 119 valence electrons. The number of rotatable bonds is 16. The maximum atomic E-state index is 10.7. The van der Waals surface area contributed by atoms with Gasteiger partial charge in [0.1, 0.15) is 0 Å². The molecule has 0 aliphatic heterocycles. The monoisotopic (exact) mass is 347 g/mol. The molecule has 0 heterocycles. The van der Waals surface area contributed by atoms with E-state index in [2.05, 4.69) is 22.9 Å². The minimum absolute atomic E-state index is 0.222. The Bertz CT molecular complexity index is 204. The average Bonchev–Trinajstić information content (AvgIpc) is 2.43. The van der Waals surface area contributed by atoms with Crippen LogP contribution in [0.15, 0.2) is 0 Å². The second kappa shape index (κ2) is 17.2. The van der Waals surface area contributed by atoms with Gasteiger partial charge in [-0.2, -0.15) is 0 Å². The van der Waals surface area contributed by atoms with E-state index in [-0.39, 0.29) is 4.68 Å². The molecule has 0 aromatic heterocycles. The van der Waals surface area contributed by atoms with Gasteiger partial charge in [0.25, 0.3) is 0 Å². The van der Waals surface area contributed by atoms with E-state index < -0.39 is 0 Å². The van der Waals surface area contributed by atoms with Crippen LogP contribution in [0.1, 0.15) is 110 Å². The molecule has 0 unspecified atom stereocenters. The van der Waals surface area contributed by atoms with Crippen LogP contribution in [0, 0.1) is 0 Å². The van der Waals surface area contributed by atoms with Crippen molar-refractivity contribution < 1.29 is 4.79 Å². The van der Waals surface area contributed by atoms with Gasteiger partial charge in [0, 0.05) is 0 Å². The summed E-state index contributed by atoms with van der Waals surface area (Å²) in [6.45, 7) is 2.28. The molecule has 1 nitrogen and oxygen atoms in total. The molecule has 0 atom stereocenters. The molecule has 2 heteroatoms. The van der Waals surface area contributed by atoms with E-state index in [1.54, 1.807) is 0 Å². The van der Waals surface area contributed by atoms with Crippen molar-refractivity contribution in [3.05, 3.63) is 0 Å². The summed E-state index contributed by atoms with van der Waals surface area (Å²) in [6, 6.07) is 0. The standard InChI is InChI=1S/C18H35OSe/c1-2-3-4-5-6-7-8-9-10-11-12-13-14-15-16-17-18(19)20/h2-17H2,1H3. The second-order valence-corrected chi connectivity index (χ2v) is 7.03. The Labute approximate surface area is 135 Å². The van der Waals surface area contributed by atoms with Gasteiger partial charge in [-0.15, -0.1) is 0 Å². The van der Waals surface area contributed by atoms with Gasteiger partial charge >= 0.3 is 96.1 Å². The van der Waals surface area contributed by atoms with Crippen LogP contribution in [0.25, 0.3) is 0 Å². The van der Waals surface area contributed by atoms with Gasteiger partial charge in [0.05, 0.1) is 0 Å². The third-order valence-corrected chi connectivity index (χ3v) is 4.41. The van der Waals surface area contributed by atoms with E-state index in [9.17, 15) is 4.79 Å². The molecule has 1 radical (unpaired) electrons. The zero-order valence-electron chi connectivity index (χ0n) is 13.6. The Hall–Kier alpha value is 0.189. The van der Waals surface area contributed by atoms with Gasteiger partial charge in [0.15, 0.2) is 0 Å². The van der Waals surface area contributed by atoms with Gasteiger partial charge in [-0.1, -0.05) is 39.0 Å². The fourth-order valence-electron chi connectivity index (χ4n) is 2.64. The van der Waals surface area contributed by atoms with Crippen LogP contribution >= 0.6 is 0 Å². The minimum atomic E-state index is 0.222. The van der Waals surface area contributed by atoms with E-state index in [4.69, 9.17) is 0 Å². The molecule has 0 rings (SSSR count). The molecule has 0 saturated heterocycles. The summed E-state index contributed by atoms with van der Waals surface area (Å²) < 4.78 is 0.222. The van der Waals surface area contributed by atoms with Crippen LogP contribution in [0.5, 0.6) is 0 Å². The Morgan fingerprint density at radius 1 is 0.600 bits per heavy atom. The SMILES string of the molecule is CCCCCCCCCCCCCCCCCC(=O)[Se]. The summed E-state index contributed by atoms with van der Waals surface area (Å²) in [4.78, 5) is 10.7. The van der Waals surface area contributed by atoms with Crippen molar-refractivity contribution in [2.24, 2.45) is 0 Å². The second-order valence-electron chi connectivity index (χ2n) is 6.07. The van der Waals surface area contributed by atoms with Crippen LogP contribution < -0.4 is 0 Å². The number of carbonyl (C=O) groups excluding carboxylic acids is 1. The number of carbonyl (C=O) groups is 1. The molecule has 0 spiro atoms. The molecule has 0 bridgehead atoms.